The van der Waals surface area contributed by atoms with Gasteiger partial charge in [-0.1, -0.05) is 41.1 Å². The Kier molecular flexibility index (Phi) is 7.35. The minimum atomic E-state index is -0.708. The van der Waals surface area contributed by atoms with E-state index in [9.17, 15) is 15.0 Å². The molecule has 0 bridgehead atoms. The fourth-order valence-electron chi connectivity index (χ4n) is 2.68. The number of aliphatic hydroxyl groups excluding tert-OH is 2. The highest BCUT2D eigenvalue weighted by Gasteiger charge is 2.39. The summed E-state index contributed by atoms with van der Waals surface area (Å²) in [6.45, 7) is 1.67. The van der Waals surface area contributed by atoms with Gasteiger partial charge in [-0.15, -0.1) is 0 Å². The van der Waals surface area contributed by atoms with E-state index in [1.807, 2.05) is 13.0 Å². The van der Waals surface area contributed by atoms with E-state index in [1.54, 1.807) is 12.1 Å². The second kappa shape index (κ2) is 8.51. The third-order valence-electron chi connectivity index (χ3n) is 4.02. The van der Waals surface area contributed by atoms with Crippen LogP contribution in [0, 0.1) is 0 Å². The number of benzene rings is 1. The molecule has 0 saturated heterocycles. The van der Waals surface area contributed by atoms with Gasteiger partial charge in [0.05, 0.1) is 25.7 Å². The van der Waals surface area contributed by atoms with Crippen molar-refractivity contribution in [2.24, 2.45) is 0 Å². The van der Waals surface area contributed by atoms with E-state index in [0.29, 0.717) is 24.0 Å². The third kappa shape index (κ3) is 3.84. The first-order chi connectivity index (χ1) is 10.1. The Labute approximate surface area is 134 Å². The van der Waals surface area contributed by atoms with E-state index in [-0.39, 0.29) is 19.2 Å². The van der Waals surface area contributed by atoms with Crippen molar-refractivity contribution < 1.29 is 19.7 Å². The molecule has 1 atom stereocenters. The zero-order valence-electron chi connectivity index (χ0n) is 12.6. The Morgan fingerprint density at radius 1 is 1.29 bits per heavy atom. The number of rotatable bonds is 8. The standard InChI is InChI=1S/C16H23BrO4/c1-3-16(7-4-8-17,15(20)21-2)14-6-5-12(10-18)13(9-14)11-19/h5-6,9,18-19H,3-4,7-8,10-11H2,1-2H3. The minimum absolute atomic E-state index is 0.130. The van der Waals surface area contributed by atoms with Gasteiger partial charge >= 0.3 is 5.97 Å². The number of carbonyl (C=O) groups excluding carboxylic acids is 1. The Morgan fingerprint density at radius 3 is 2.43 bits per heavy atom. The lowest BCUT2D eigenvalue weighted by atomic mass is 9.74. The molecule has 0 heterocycles. The van der Waals surface area contributed by atoms with E-state index in [0.717, 1.165) is 17.3 Å². The Morgan fingerprint density at radius 2 is 1.95 bits per heavy atom. The van der Waals surface area contributed by atoms with Gasteiger partial charge < -0.3 is 14.9 Å². The van der Waals surface area contributed by atoms with Crippen LogP contribution in [-0.2, 0) is 28.2 Å². The zero-order chi connectivity index (χ0) is 15.9. The number of methoxy groups -OCH3 is 1. The molecule has 1 rings (SSSR count). The number of hydrogen-bond acceptors (Lipinski definition) is 4. The summed E-state index contributed by atoms with van der Waals surface area (Å²) in [5.74, 6) is -0.258. The molecule has 0 saturated carbocycles. The number of hydrogen-bond donors (Lipinski definition) is 2. The van der Waals surface area contributed by atoms with Crippen LogP contribution in [0.25, 0.3) is 0 Å². The van der Waals surface area contributed by atoms with Crippen LogP contribution in [0.3, 0.4) is 0 Å². The number of alkyl halides is 1. The number of carbonyl (C=O) groups is 1. The summed E-state index contributed by atoms with van der Waals surface area (Å²) in [6.07, 6.45) is 2.14. The molecular formula is C16H23BrO4. The van der Waals surface area contributed by atoms with Crippen LogP contribution >= 0.6 is 15.9 Å². The van der Waals surface area contributed by atoms with Crippen LogP contribution in [0.2, 0.25) is 0 Å². The first kappa shape index (κ1) is 18.1. The van der Waals surface area contributed by atoms with Gasteiger partial charge in [0.15, 0.2) is 0 Å². The molecule has 1 aromatic rings. The smallest absolute Gasteiger partial charge is 0.316 e. The highest BCUT2D eigenvalue weighted by Crippen LogP contribution is 2.36. The lowest BCUT2D eigenvalue weighted by Gasteiger charge is -2.31. The number of esters is 1. The van der Waals surface area contributed by atoms with Gasteiger partial charge in [-0.05, 0) is 36.0 Å². The van der Waals surface area contributed by atoms with E-state index in [2.05, 4.69) is 15.9 Å². The molecule has 0 amide bonds. The van der Waals surface area contributed by atoms with Gasteiger partial charge in [-0.25, -0.2) is 0 Å². The maximum Gasteiger partial charge on any atom is 0.316 e. The summed E-state index contributed by atoms with van der Waals surface area (Å²) in [5, 5.41) is 19.6. The van der Waals surface area contributed by atoms with E-state index < -0.39 is 5.41 Å². The van der Waals surface area contributed by atoms with Gasteiger partial charge in [0, 0.05) is 5.33 Å². The second-order valence-electron chi connectivity index (χ2n) is 5.02. The second-order valence-corrected chi connectivity index (χ2v) is 5.81. The molecule has 0 fully saturated rings. The van der Waals surface area contributed by atoms with Crippen molar-refractivity contribution in [1.82, 2.24) is 0 Å². The summed E-state index contributed by atoms with van der Waals surface area (Å²) in [4.78, 5) is 12.4. The third-order valence-corrected chi connectivity index (χ3v) is 4.58. The molecule has 0 aliphatic rings. The van der Waals surface area contributed by atoms with Crippen molar-refractivity contribution in [1.29, 1.82) is 0 Å². The van der Waals surface area contributed by atoms with Crippen molar-refractivity contribution >= 4 is 21.9 Å². The molecule has 5 heteroatoms. The van der Waals surface area contributed by atoms with E-state index in [4.69, 9.17) is 4.74 Å². The highest BCUT2D eigenvalue weighted by molar-refractivity contribution is 9.09. The van der Waals surface area contributed by atoms with E-state index >= 15 is 0 Å². The van der Waals surface area contributed by atoms with Crippen molar-refractivity contribution in [2.45, 2.75) is 44.8 Å². The molecule has 4 nitrogen and oxygen atoms in total. The summed E-state index contributed by atoms with van der Waals surface area (Å²) in [7, 11) is 1.40. The molecular weight excluding hydrogens is 336 g/mol. The largest absolute Gasteiger partial charge is 0.468 e. The lowest BCUT2D eigenvalue weighted by molar-refractivity contribution is -0.148. The van der Waals surface area contributed by atoms with Gasteiger partial charge in [-0.2, -0.15) is 0 Å². The van der Waals surface area contributed by atoms with Crippen LogP contribution in [0.5, 0.6) is 0 Å². The normalized spacial score (nSPS) is 13.8. The van der Waals surface area contributed by atoms with Crippen molar-refractivity contribution in [3.63, 3.8) is 0 Å². The maximum absolute atomic E-state index is 12.4. The molecule has 118 valence electrons. The maximum atomic E-state index is 12.4. The Hall–Kier alpha value is -0.910. The van der Waals surface area contributed by atoms with Gasteiger partial charge in [0.25, 0.3) is 0 Å². The molecule has 0 spiro atoms. The lowest BCUT2D eigenvalue weighted by Crippen LogP contribution is -2.36. The average molecular weight is 359 g/mol. The Bertz CT molecular complexity index is 475. The molecule has 1 unspecified atom stereocenters. The molecule has 2 N–H and O–H groups in total. The predicted molar refractivity (Wildman–Crippen MR) is 85.3 cm³/mol. The first-order valence-corrected chi connectivity index (χ1v) is 8.20. The van der Waals surface area contributed by atoms with Gasteiger partial charge in [0.2, 0.25) is 0 Å². The van der Waals surface area contributed by atoms with Crippen molar-refractivity contribution in [3.05, 3.63) is 34.9 Å². The molecule has 21 heavy (non-hydrogen) atoms. The summed E-state index contributed by atoms with van der Waals surface area (Å²) in [5.41, 5.74) is 1.45. The number of ether oxygens (including phenoxy) is 1. The average Bonchev–Trinajstić information content (AvgIpc) is 2.55. The van der Waals surface area contributed by atoms with Crippen LogP contribution in [0.4, 0.5) is 0 Å². The van der Waals surface area contributed by atoms with Crippen molar-refractivity contribution in [3.8, 4) is 0 Å². The topological polar surface area (TPSA) is 66.8 Å². The SMILES string of the molecule is CCC(CCCBr)(C(=O)OC)c1ccc(CO)c(CO)c1. The monoisotopic (exact) mass is 358 g/mol. The number of halogens is 1. The number of aliphatic hydroxyl groups is 2. The van der Waals surface area contributed by atoms with Gasteiger partial charge in [0.1, 0.15) is 0 Å². The van der Waals surface area contributed by atoms with Crippen LogP contribution < -0.4 is 0 Å². The van der Waals surface area contributed by atoms with Crippen molar-refractivity contribution in [2.75, 3.05) is 12.4 Å². The highest BCUT2D eigenvalue weighted by atomic mass is 79.9. The molecule has 0 aromatic heterocycles. The molecule has 0 radical (unpaired) electrons. The van der Waals surface area contributed by atoms with Crippen LogP contribution in [-0.4, -0.2) is 28.6 Å². The molecule has 1 aromatic carbocycles. The van der Waals surface area contributed by atoms with E-state index in [1.165, 1.54) is 7.11 Å². The fourth-order valence-corrected chi connectivity index (χ4v) is 2.96. The van der Waals surface area contributed by atoms with Gasteiger partial charge in [-0.3, -0.25) is 4.79 Å². The van der Waals surface area contributed by atoms with Crippen LogP contribution in [0.1, 0.15) is 42.9 Å². The fraction of sp³-hybridized carbons (Fsp3) is 0.562. The van der Waals surface area contributed by atoms with Crippen LogP contribution in [0.15, 0.2) is 18.2 Å². The summed E-state index contributed by atoms with van der Waals surface area (Å²) in [6, 6.07) is 5.42. The quantitative estimate of drug-likeness (QED) is 0.553. The first-order valence-electron chi connectivity index (χ1n) is 7.08. The summed E-state index contributed by atoms with van der Waals surface area (Å²) >= 11 is 3.40. The summed E-state index contributed by atoms with van der Waals surface area (Å²) < 4.78 is 5.02. The Balaban J connectivity index is 3.33. The minimum Gasteiger partial charge on any atom is -0.468 e. The molecule has 0 aliphatic heterocycles. The molecule has 0 aliphatic carbocycles. The predicted octanol–water partition coefficient (Wildman–Crippen LogP) is 2.67. The zero-order valence-corrected chi connectivity index (χ0v) is 14.1.